The molecule has 1 atom stereocenters. The maximum Gasteiger partial charge on any atom is 0.282 e. The summed E-state index contributed by atoms with van der Waals surface area (Å²) >= 11 is 0. The quantitative estimate of drug-likeness (QED) is 0.681. The summed E-state index contributed by atoms with van der Waals surface area (Å²) in [6.45, 7) is 2.96. The van der Waals surface area contributed by atoms with Crippen molar-refractivity contribution in [2.75, 3.05) is 20.1 Å². The number of hydrogen-bond donors (Lipinski definition) is 1. The van der Waals surface area contributed by atoms with Crippen molar-refractivity contribution in [3.05, 3.63) is 39.4 Å². The third kappa shape index (κ3) is 3.08. The van der Waals surface area contributed by atoms with Gasteiger partial charge in [-0.3, -0.25) is 14.9 Å². The summed E-state index contributed by atoms with van der Waals surface area (Å²) in [7, 11) is 1.86. The molecule has 0 radical (unpaired) electrons. The number of carbonyl (C=O) groups is 1. The van der Waals surface area contributed by atoms with Crippen LogP contribution in [0.25, 0.3) is 0 Å². The van der Waals surface area contributed by atoms with E-state index in [1.165, 1.54) is 6.07 Å². The van der Waals surface area contributed by atoms with Gasteiger partial charge in [0.25, 0.3) is 11.6 Å². The Morgan fingerprint density at radius 1 is 1.50 bits per heavy atom. The monoisotopic (exact) mass is 299 g/mol. The van der Waals surface area contributed by atoms with E-state index in [9.17, 15) is 14.9 Å². The first-order valence-electron chi connectivity index (χ1n) is 6.25. The minimum Gasteiger partial charge on any atom is -0.337 e. The largest absolute Gasteiger partial charge is 0.337 e. The van der Waals surface area contributed by atoms with Crippen molar-refractivity contribution in [2.45, 2.75) is 19.4 Å². The lowest BCUT2D eigenvalue weighted by atomic mass is 10.1. The molecule has 1 saturated heterocycles. The average Bonchev–Trinajstić information content (AvgIpc) is 2.86. The molecule has 0 bridgehead atoms. The molecule has 1 amide bonds. The maximum absolute atomic E-state index is 12.4. The molecule has 1 aromatic rings. The number of likely N-dealkylation sites (tertiary alicyclic amines) is 1. The molecule has 0 aromatic heterocycles. The van der Waals surface area contributed by atoms with E-state index in [0.29, 0.717) is 18.7 Å². The van der Waals surface area contributed by atoms with Gasteiger partial charge in [0.05, 0.1) is 4.92 Å². The van der Waals surface area contributed by atoms with Gasteiger partial charge in [-0.25, -0.2) is 0 Å². The zero-order valence-corrected chi connectivity index (χ0v) is 12.3. The van der Waals surface area contributed by atoms with Crippen LogP contribution >= 0.6 is 12.4 Å². The molecule has 0 aliphatic carbocycles. The van der Waals surface area contributed by atoms with E-state index in [-0.39, 0.29) is 35.6 Å². The minimum absolute atomic E-state index is 0. The van der Waals surface area contributed by atoms with Crippen molar-refractivity contribution in [1.82, 2.24) is 10.2 Å². The van der Waals surface area contributed by atoms with Crippen LogP contribution in [0.2, 0.25) is 0 Å². The Morgan fingerprint density at radius 2 is 2.20 bits per heavy atom. The first kappa shape index (κ1) is 16.4. The van der Waals surface area contributed by atoms with Crippen LogP contribution in [0.5, 0.6) is 0 Å². The predicted octanol–water partition coefficient (Wildman–Crippen LogP) is 1.76. The molecule has 0 saturated carbocycles. The number of hydrogen-bond acceptors (Lipinski definition) is 4. The van der Waals surface area contributed by atoms with Gasteiger partial charge in [0.2, 0.25) is 0 Å². The summed E-state index contributed by atoms with van der Waals surface area (Å²) in [5.74, 6) is -0.248. The number of nitrogens with one attached hydrogen (secondary N) is 1. The summed E-state index contributed by atoms with van der Waals surface area (Å²) in [6.07, 6.45) is 0.877. The van der Waals surface area contributed by atoms with E-state index >= 15 is 0 Å². The lowest BCUT2D eigenvalue weighted by Gasteiger charge is -2.17. The number of likely N-dealkylation sites (N-methyl/N-ethyl adjacent to an activating group) is 1. The van der Waals surface area contributed by atoms with E-state index in [1.807, 2.05) is 7.05 Å². The number of halogens is 1. The minimum atomic E-state index is -0.494. The predicted molar refractivity (Wildman–Crippen MR) is 78.4 cm³/mol. The number of nitrogens with zero attached hydrogens (tertiary/aromatic N) is 2. The summed E-state index contributed by atoms with van der Waals surface area (Å²) < 4.78 is 0. The Bertz CT molecular complexity index is 522. The standard InChI is InChI=1S/C13H17N3O3.ClH/c1-9-4-3-5-11(16(18)19)12(9)13(17)15-7-6-10(8-15)14-2;/h3-5,10,14H,6-8H2,1-2H3;1H. The van der Waals surface area contributed by atoms with Crippen molar-refractivity contribution in [3.8, 4) is 0 Å². The number of amides is 1. The zero-order chi connectivity index (χ0) is 14.0. The molecular weight excluding hydrogens is 282 g/mol. The third-order valence-corrected chi connectivity index (χ3v) is 3.55. The molecule has 1 aliphatic heterocycles. The fourth-order valence-electron chi connectivity index (χ4n) is 2.42. The first-order chi connectivity index (χ1) is 9.04. The fourth-order valence-corrected chi connectivity index (χ4v) is 2.42. The van der Waals surface area contributed by atoms with Gasteiger partial charge in [-0.15, -0.1) is 12.4 Å². The normalized spacial score (nSPS) is 17.7. The first-order valence-corrected chi connectivity index (χ1v) is 6.25. The van der Waals surface area contributed by atoms with E-state index in [1.54, 1.807) is 24.0 Å². The van der Waals surface area contributed by atoms with Crippen molar-refractivity contribution < 1.29 is 9.72 Å². The SMILES string of the molecule is CNC1CCN(C(=O)c2c(C)cccc2[N+](=O)[O-])C1.Cl. The number of nitro benzene ring substituents is 1. The fraction of sp³-hybridized carbons (Fsp3) is 0.462. The highest BCUT2D eigenvalue weighted by atomic mass is 35.5. The van der Waals surface area contributed by atoms with Crippen molar-refractivity contribution in [3.63, 3.8) is 0 Å². The second kappa shape index (κ2) is 6.67. The molecule has 1 aliphatic rings. The molecular formula is C13H18ClN3O3. The molecule has 7 heteroatoms. The van der Waals surface area contributed by atoms with E-state index in [2.05, 4.69) is 5.32 Å². The Hall–Kier alpha value is -1.66. The summed E-state index contributed by atoms with van der Waals surface area (Å²) in [5.41, 5.74) is 0.745. The highest BCUT2D eigenvalue weighted by Gasteiger charge is 2.31. The van der Waals surface area contributed by atoms with Crippen molar-refractivity contribution in [1.29, 1.82) is 0 Å². The van der Waals surface area contributed by atoms with Gasteiger partial charge < -0.3 is 10.2 Å². The maximum atomic E-state index is 12.4. The highest BCUT2D eigenvalue weighted by Crippen LogP contribution is 2.25. The topological polar surface area (TPSA) is 75.5 Å². The molecule has 1 N–H and O–H groups in total. The Morgan fingerprint density at radius 3 is 2.75 bits per heavy atom. The number of nitro groups is 1. The van der Waals surface area contributed by atoms with Gasteiger partial charge in [0.15, 0.2) is 0 Å². The number of aryl methyl sites for hydroxylation is 1. The van der Waals surface area contributed by atoms with Crippen molar-refractivity contribution in [2.24, 2.45) is 0 Å². The molecule has 0 spiro atoms. The van der Waals surface area contributed by atoms with Gasteiger partial charge >= 0.3 is 0 Å². The average molecular weight is 300 g/mol. The van der Waals surface area contributed by atoms with Crippen LogP contribution in [0.3, 0.4) is 0 Å². The van der Waals surface area contributed by atoms with Gasteiger partial charge in [0, 0.05) is 25.2 Å². The second-order valence-corrected chi connectivity index (χ2v) is 4.75. The number of rotatable bonds is 3. The van der Waals surface area contributed by atoms with Gasteiger partial charge in [-0.05, 0) is 26.0 Å². The molecule has 20 heavy (non-hydrogen) atoms. The van der Waals surface area contributed by atoms with Gasteiger partial charge in [-0.2, -0.15) is 0 Å². The van der Waals surface area contributed by atoms with Crippen LogP contribution in [0.4, 0.5) is 5.69 Å². The second-order valence-electron chi connectivity index (χ2n) is 4.75. The smallest absolute Gasteiger partial charge is 0.282 e. The molecule has 1 fully saturated rings. The molecule has 2 rings (SSSR count). The van der Waals surface area contributed by atoms with Crippen molar-refractivity contribution >= 4 is 24.0 Å². The number of benzene rings is 1. The Balaban J connectivity index is 0.00000200. The molecule has 1 unspecified atom stereocenters. The molecule has 6 nitrogen and oxygen atoms in total. The van der Waals surface area contributed by atoms with Crippen LogP contribution < -0.4 is 5.32 Å². The van der Waals surface area contributed by atoms with Crippen LogP contribution in [-0.4, -0.2) is 41.9 Å². The van der Waals surface area contributed by atoms with Crippen LogP contribution in [0.1, 0.15) is 22.3 Å². The number of carbonyl (C=O) groups excluding carboxylic acids is 1. The van der Waals surface area contributed by atoms with E-state index in [0.717, 1.165) is 6.42 Å². The Kier molecular flexibility index (Phi) is 5.47. The molecule has 1 aromatic carbocycles. The van der Waals surface area contributed by atoms with Crippen LogP contribution in [0, 0.1) is 17.0 Å². The summed E-state index contributed by atoms with van der Waals surface area (Å²) in [6, 6.07) is 4.98. The Labute approximate surface area is 123 Å². The lowest BCUT2D eigenvalue weighted by Crippen LogP contribution is -2.34. The van der Waals surface area contributed by atoms with Crippen LogP contribution in [-0.2, 0) is 0 Å². The highest BCUT2D eigenvalue weighted by molar-refractivity contribution is 5.99. The lowest BCUT2D eigenvalue weighted by molar-refractivity contribution is -0.385. The van der Waals surface area contributed by atoms with Gasteiger partial charge in [-0.1, -0.05) is 12.1 Å². The third-order valence-electron chi connectivity index (χ3n) is 3.55. The zero-order valence-electron chi connectivity index (χ0n) is 11.5. The summed E-state index contributed by atoms with van der Waals surface area (Å²) in [5, 5.41) is 14.2. The van der Waals surface area contributed by atoms with E-state index < -0.39 is 4.92 Å². The molecule has 110 valence electrons. The van der Waals surface area contributed by atoms with Gasteiger partial charge in [0.1, 0.15) is 5.56 Å². The molecule has 1 heterocycles. The summed E-state index contributed by atoms with van der Waals surface area (Å²) in [4.78, 5) is 24.7. The van der Waals surface area contributed by atoms with E-state index in [4.69, 9.17) is 0 Å². The van der Waals surface area contributed by atoms with Crippen LogP contribution in [0.15, 0.2) is 18.2 Å².